The zero-order valence-corrected chi connectivity index (χ0v) is 18.4. The van der Waals surface area contributed by atoms with Crippen LogP contribution in [0.4, 0.5) is 0 Å². The summed E-state index contributed by atoms with van der Waals surface area (Å²) in [6, 6.07) is 7.25. The number of aliphatic hydroxyl groups is 1. The number of nitrogens with zero attached hydrogens (tertiary/aromatic N) is 4. The molecule has 7 nitrogen and oxygen atoms in total. The van der Waals surface area contributed by atoms with Gasteiger partial charge in [-0.2, -0.15) is 0 Å². The molecular formula is C21H22Cl2N4O3. The van der Waals surface area contributed by atoms with Crippen LogP contribution in [0.15, 0.2) is 36.7 Å². The molecular weight excluding hydrogens is 427 g/mol. The average molecular weight is 449 g/mol. The van der Waals surface area contributed by atoms with Crippen molar-refractivity contribution in [2.45, 2.75) is 33.5 Å². The van der Waals surface area contributed by atoms with Crippen LogP contribution in [-0.2, 0) is 24.4 Å². The van der Waals surface area contributed by atoms with Crippen LogP contribution >= 0.6 is 23.2 Å². The van der Waals surface area contributed by atoms with Gasteiger partial charge in [0, 0.05) is 41.9 Å². The van der Waals surface area contributed by atoms with E-state index in [9.17, 15) is 4.79 Å². The van der Waals surface area contributed by atoms with Crippen LogP contribution in [0.25, 0.3) is 21.8 Å². The summed E-state index contributed by atoms with van der Waals surface area (Å²) in [5.41, 5.74) is 3.33. The van der Waals surface area contributed by atoms with E-state index in [1.165, 1.54) is 7.11 Å². The van der Waals surface area contributed by atoms with E-state index >= 15 is 0 Å². The molecule has 0 amide bonds. The molecule has 1 N–H and O–H groups in total. The van der Waals surface area contributed by atoms with E-state index in [1.807, 2.05) is 35.1 Å². The molecule has 9 heteroatoms. The van der Waals surface area contributed by atoms with Crippen molar-refractivity contribution < 1.29 is 14.6 Å². The van der Waals surface area contributed by atoms with Gasteiger partial charge in [0.05, 0.1) is 24.8 Å². The van der Waals surface area contributed by atoms with Crippen molar-refractivity contribution >= 4 is 51.0 Å². The maximum absolute atomic E-state index is 11.6. The minimum atomic E-state index is -0.353. The smallest absolute Gasteiger partial charge is 0.354 e. The third-order valence-corrected chi connectivity index (χ3v) is 5.19. The fraction of sp³-hybridized carbons (Fsp3) is 0.286. The highest BCUT2D eigenvalue weighted by molar-refractivity contribution is 6.30. The highest BCUT2D eigenvalue weighted by atomic mass is 35.5. The van der Waals surface area contributed by atoms with Gasteiger partial charge in [-0.1, -0.05) is 23.2 Å². The number of esters is 1. The van der Waals surface area contributed by atoms with Crippen molar-refractivity contribution in [1.82, 2.24) is 19.1 Å². The van der Waals surface area contributed by atoms with Crippen LogP contribution < -0.4 is 0 Å². The summed E-state index contributed by atoms with van der Waals surface area (Å²) in [7, 11) is 1.37. The van der Waals surface area contributed by atoms with Gasteiger partial charge in [0.25, 0.3) is 0 Å². The third kappa shape index (κ3) is 4.28. The van der Waals surface area contributed by atoms with E-state index < -0.39 is 0 Å². The number of carbonyl (C=O) groups is 1. The number of ether oxygens (including phenoxy) is 1. The highest BCUT2D eigenvalue weighted by Gasteiger charge is 2.15. The lowest BCUT2D eigenvalue weighted by Gasteiger charge is -2.05. The second kappa shape index (κ2) is 9.47. The van der Waals surface area contributed by atoms with Gasteiger partial charge in [0.1, 0.15) is 16.0 Å². The highest BCUT2D eigenvalue weighted by Crippen LogP contribution is 2.23. The van der Waals surface area contributed by atoms with Crippen molar-refractivity contribution in [3.8, 4) is 0 Å². The first-order valence-electron chi connectivity index (χ1n) is 9.41. The van der Waals surface area contributed by atoms with Crippen LogP contribution in [0.2, 0.25) is 10.3 Å². The van der Waals surface area contributed by atoms with Crippen LogP contribution in [0.1, 0.15) is 30.0 Å². The molecule has 0 bridgehead atoms. The molecule has 0 aliphatic carbocycles. The zero-order chi connectivity index (χ0) is 21.8. The largest absolute Gasteiger partial charge is 0.464 e. The summed E-state index contributed by atoms with van der Waals surface area (Å²) in [5.74, 6) is -0.353. The van der Waals surface area contributed by atoms with E-state index in [2.05, 4.69) is 9.97 Å². The molecule has 158 valence electrons. The maximum Gasteiger partial charge on any atom is 0.354 e. The molecule has 0 fully saturated rings. The number of carbonyl (C=O) groups excluding carboxylic acids is 1. The number of aromatic nitrogens is 4. The lowest BCUT2D eigenvalue weighted by atomic mass is 10.3. The van der Waals surface area contributed by atoms with Gasteiger partial charge in [-0.05, 0) is 38.1 Å². The maximum atomic E-state index is 11.6. The Labute approximate surface area is 183 Å². The number of rotatable bonds is 4. The van der Waals surface area contributed by atoms with Gasteiger partial charge >= 0.3 is 5.97 Å². The van der Waals surface area contributed by atoms with Crippen molar-refractivity contribution in [1.29, 1.82) is 0 Å². The first kappa shape index (κ1) is 22.1. The van der Waals surface area contributed by atoms with Gasteiger partial charge in [0.2, 0.25) is 0 Å². The number of halogens is 2. The fourth-order valence-corrected chi connectivity index (χ4v) is 3.74. The molecule has 0 aromatic carbocycles. The molecule has 4 aromatic rings. The van der Waals surface area contributed by atoms with Gasteiger partial charge in [-0.3, -0.25) is 0 Å². The van der Waals surface area contributed by atoms with E-state index in [1.54, 1.807) is 24.5 Å². The molecule has 4 rings (SSSR count). The number of aryl methyl sites for hydroxylation is 2. The number of hydrogen-bond acceptors (Lipinski definition) is 5. The predicted octanol–water partition coefficient (Wildman–Crippen LogP) is 4.70. The Bertz CT molecular complexity index is 1200. The second-order valence-corrected chi connectivity index (χ2v) is 7.21. The number of fused-ring (bicyclic) bond motifs is 2. The zero-order valence-electron chi connectivity index (χ0n) is 16.9. The summed E-state index contributed by atoms with van der Waals surface area (Å²) in [5, 5.41) is 11.9. The van der Waals surface area contributed by atoms with Gasteiger partial charge < -0.3 is 19.0 Å². The van der Waals surface area contributed by atoms with Crippen molar-refractivity contribution in [3.63, 3.8) is 0 Å². The minimum Gasteiger partial charge on any atom is -0.464 e. The quantitative estimate of drug-likeness (QED) is 0.361. The summed E-state index contributed by atoms with van der Waals surface area (Å²) in [6.07, 6.45) is 3.37. The van der Waals surface area contributed by atoms with Crippen LogP contribution in [-0.4, -0.2) is 37.3 Å². The van der Waals surface area contributed by atoms with Crippen molar-refractivity contribution in [3.05, 3.63) is 58.4 Å². The molecule has 0 saturated heterocycles. The number of methoxy groups -OCH3 is 1. The Balaban J connectivity index is 0.000000172. The fourth-order valence-electron chi connectivity index (χ4n) is 3.44. The van der Waals surface area contributed by atoms with Gasteiger partial charge in [-0.25, -0.2) is 14.8 Å². The number of hydrogen-bond donors (Lipinski definition) is 1. The number of aliphatic hydroxyl groups excluding tert-OH is 1. The van der Waals surface area contributed by atoms with Crippen LogP contribution in [0.3, 0.4) is 0 Å². The van der Waals surface area contributed by atoms with Crippen LogP contribution in [0.5, 0.6) is 0 Å². The Hall–Kier alpha value is -2.61. The van der Waals surface area contributed by atoms with E-state index in [0.29, 0.717) is 22.5 Å². The first-order chi connectivity index (χ1) is 14.4. The normalized spacial score (nSPS) is 10.9. The summed E-state index contributed by atoms with van der Waals surface area (Å²) < 4.78 is 8.61. The van der Waals surface area contributed by atoms with Crippen molar-refractivity contribution in [2.75, 3.05) is 7.11 Å². The Kier molecular flexibility index (Phi) is 6.97. The van der Waals surface area contributed by atoms with Gasteiger partial charge in [-0.15, -0.1) is 0 Å². The molecule has 4 aromatic heterocycles. The summed E-state index contributed by atoms with van der Waals surface area (Å²) in [6.45, 7) is 5.53. The Morgan fingerprint density at radius 2 is 1.50 bits per heavy atom. The molecule has 0 atom stereocenters. The Morgan fingerprint density at radius 3 is 2.00 bits per heavy atom. The second-order valence-electron chi connectivity index (χ2n) is 6.44. The van der Waals surface area contributed by atoms with E-state index in [-0.39, 0.29) is 12.6 Å². The predicted molar refractivity (Wildman–Crippen MR) is 118 cm³/mol. The molecule has 0 aliphatic rings. The molecule has 0 radical (unpaired) electrons. The van der Waals surface area contributed by atoms with Gasteiger partial charge in [0.15, 0.2) is 0 Å². The van der Waals surface area contributed by atoms with Crippen LogP contribution in [0, 0.1) is 0 Å². The summed E-state index contributed by atoms with van der Waals surface area (Å²) in [4.78, 5) is 19.5. The Morgan fingerprint density at radius 1 is 0.967 bits per heavy atom. The minimum absolute atomic E-state index is 0.0418. The van der Waals surface area contributed by atoms with Crippen molar-refractivity contribution in [2.24, 2.45) is 0 Å². The average Bonchev–Trinajstić information content (AvgIpc) is 3.30. The third-order valence-electron chi connectivity index (χ3n) is 4.78. The molecule has 30 heavy (non-hydrogen) atoms. The monoisotopic (exact) mass is 448 g/mol. The molecule has 0 saturated carbocycles. The first-order valence-corrected chi connectivity index (χ1v) is 10.2. The molecule has 0 spiro atoms. The lowest BCUT2D eigenvalue weighted by molar-refractivity contribution is 0.0589. The number of pyridine rings is 2. The molecule has 0 aliphatic heterocycles. The standard InChI is InChI=1S/C11H11ClN2O2.C10H11ClN2O/c1-3-14-8-5-10(12)13-6-7(8)4-9(14)11(15)16-2;1-2-13-8(6-14)3-7-5-12-10(11)4-9(7)13/h4-6H,3H2,1-2H3;3-5,14H,2,6H2,1H3. The molecule has 0 unspecified atom stereocenters. The topological polar surface area (TPSA) is 82.2 Å². The summed E-state index contributed by atoms with van der Waals surface area (Å²) >= 11 is 11.6. The molecule has 4 heterocycles. The lowest BCUT2D eigenvalue weighted by Crippen LogP contribution is -2.09. The van der Waals surface area contributed by atoms with E-state index in [0.717, 1.165) is 34.0 Å². The van der Waals surface area contributed by atoms with E-state index in [4.69, 9.17) is 33.0 Å². The SMILES string of the molecule is CCn1c(C(=O)OC)cc2cnc(Cl)cc21.CCn1c(CO)cc2cnc(Cl)cc21.